The zero-order chi connectivity index (χ0) is 19.2. The highest BCUT2D eigenvalue weighted by Gasteiger charge is 2.28. The molecule has 1 N–H and O–H groups in total. The van der Waals surface area contributed by atoms with E-state index in [1.54, 1.807) is 38.1 Å². The van der Waals surface area contributed by atoms with E-state index in [-0.39, 0.29) is 19.0 Å². The molecule has 0 saturated heterocycles. The van der Waals surface area contributed by atoms with Crippen LogP contribution in [-0.4, -0.2) is 61.9 Å². The van der Waals surface area contributed by atoms with Gasteiger partial charge in [0.25, 0.3) is 0 Å². The van der Waals surface area contributed by atoms with Crippen molar-refractivity contribution in [3.63, 3.8) is 0 Å². The van der Waals surface area contributed by atoms with Crippen LogP contribution < -0.4 is 5.32 Å². The second kappa shape index (κ2) is 9.17. The normalized spacial score (nSPS) is 12.7. The van der Waals surface area contributed by atoms with E-state index in [9.17, 15) is 18.0 Å². The molecule has 0 aliphatic carbocycles. The molecule has 0 saturated carbocycles. The van der Waals surface area contributed by atoms with Gasteiger partial charge < -0.3 is 10.2 Å². The van der Waals surface area contributed by atoms with E-state index in [2.05, 4.69) is 5.32 Å². The second-order valence-corrected chi connectivity index (χ2v) is 8.26. The van der Waals surface area contributed by atoms with E-state index >= 15 is 0 Å². The molecule has 25 heavy (non-hydrogen) atoms. The predicted octanol–water partition coefficient (Wildman–Crippen LogP) is 1.08. The van der Waals surface area contributed by atoms with Crippen molar-refractivity contribution in [2.45, 2.75) is 26.4 Å². The first-order chi connectivity index (χ1) is 11.6. The van der Waals surface area contributed by atoms with Crippen LogP contribution in [0, 0.1) is 0 Å². The Balaban J connectivity index is 3.02. The van der Waals surface area contributed by atoms with E-state index in [1.165, 1.54) is 11.9 Å². The highest BCUT2D eigenvalue weighted by Crippen LogP contribution is 2.14. The average Bonchev–Trinajstić information content (AvgIpc) is 2.52. The lowest BCUT2D eigenvalue weighted by Gasteiger charge is -2.30. The van der Waals surface area contributed by atoms with Crippen molar-refractivity contribution in [3.05, 3.63) is 34.9 Å². The van der Waals surface area contributed by atoms with Crippen LogP contribution in [0.3, 0.4) is 0 Å². The summed E-state index contributed by atoms with van der Waals surface area (Å²) < 4.78 is 24.1. The summed E-state index contributed by atoms with van der Waals surface area (Å²) >= 11 is 5.87. The van der Waals surface area contributed by atoms with Crippen LogP contribution >= 0.6 is 11.6 Å². The number of benzene rings is 1. The third-order valence-electron chi connectivity index (χ3n) is 3.71. The van der Waals surface area contributed by atoms with Crippen LogP contribution in [0.4, 0.5) is 0 Å². The number of likely N-dealkylation sites (N-methyl/N-ethyl adjacent to an activating group) is 2. The van der Waals surface area contributed by atoms with Gasteiger partial charge in [0.1, 0.15) is 6.04 Å². The van der Waals surface area contributed by atoms with Gasteiger partial charge >= 0.3 is 0 Å². The Morgan fingerprint density at radius 3 is 2.28 bits per heavy atom. The quantitative estimate of drug-likeness (QED) is 0.720. The summed E-state index contributed by atoms with van der Waals surface area (Å²) in [6.45, 7) is 3.67. The first kappa shape index (κ1) is 21.4. The molecular weight excluding hydrogens is 366 g/mol. The van der Waals surface area contributed by atoms with Crippen LogP contribution in [0.25, 0.3) is 0 Å². The average molecular weight is 390 g/mol. The highest BCUT2D eigenvalue weighted by atomic mass is 35.5. The lowest BCUT2D eigenvalue weighted by molar-refractivity contribution is -0.140. The number of sulfonamides is 1. The zero-order valence-corrected chi connectivity index (χ0v) is 16.4. The Labute approximate surface area is 154 Å². The van der Waals surface area contributed by atoms with Gasteiger partial charge in [-0.2, -0.15) is 4.31 Å². The van der Waals surface area contributed by atoms with Gasteiger partial charge in [-0.05, 0) is 31.5 Å². The maximum Gasteiger partial charge on any atom is 0.242 e. The van der Waals surface area contributed by atoms with E-state index in [1.807, 2.05) is 0 Å². The van der Waals surface area contributed by atoms with Crippen molar-refractivity contribution in [2.75, 3.05) is 26.4 Å². The molecule has 0 bridgehead atoms. The standard InChI is InChI=1S/C16H24ClN3O4S/c1-5-18-16(22)12(2)20(10-13-6-8-14(17)9-7-13)15(21)11-19(3)25(4,23)24/h6-9,12H,5,10-11H2,1-4H3,(H,18,22)/t12-/m1/s1. The number of rotatable bonds is 8. The molecule has 0 spiro atoms. The summed E-state index contributed by atoms with van der Waals surface area (Å²) in [6, 6.07) is 6.16. The van der Waals surface area contributed by atoms with Gasteiger partial charge in [-0.15, -0.1) is 0 Å². The molecule has 1 atom stereocenters. The molecule has 9 heteroatoms. The smallest absolute Gasteiger partial charge is 0.242 e. The Hall–Kier alpha value is -1.64. The van der Waals surface area contributed by atoms with Gasteiger partial charge in [-0.1, -0.05) is 23.7 Å². The summed E-state index contributed by atoms with van der Waals surface area (Å²) in [5.41, 5.74) is 0.788. The largest absolute Gasteiger partial charge is 0.355 e. The third-order valence-corrected chi connectivity index (χ3v) is 5.22. The fraction of sp³-hybridized carbons (Fsp3) is 0.500. The number of amides is 2. The molecule has 0 aliphatic rings. The number of hydrogen-bond donors (Lipinski definition) is 1. The molecule has 0 aliphatic heterocycles. The number of carbonyl (C=O) groups excluding carboxylic acids is 2. The summed E-state index contributed by atoms with van der Waals surface area (Å²) in [7, 11) is -2.17. The monoisotopic (exact) mass is 389 g/mol. The number of carbonyl (C=O) groups is 2. The minimum absolute atomic E-state index is 0.173. The number of nitrogens with zero attached hydrogens (tertiary/aromatic N) is 2. The van der Waals surface area contributed by atoms with E-state index in [0.717, 1.165) is 16.1 Å². The fourth-order valence-electron chi connectivity index (χ4n) is 2.09. The van der Waals surface area contributed by atoms with Gasteiger partial charge in [-0.25, -0.2) is 8.42 Å². The summed E-state index contributed by atoms with van der Waals surface area (Å²) in [6.07, 6.45) is 1.02. The van der Waals surface area contributed by atoms with E-state index in [0.29, 0.717) is 11.6 Å². The van der Waals surface area contributed by atoms with Gasteiger partial charge in [0.05, 0.1) is 12.8 Å². The highest BCUT2D eigenvalue weighted by molar-refractivity contribution is 7.88. The first-order valence-electron chi connectivity index (χ1n) is 7.79. The maximum atomic E-state index is 12.6. The van der Waals surface area contributed by atoms with Crippen LogP contribution in [0.15, 0.2) is 24.3 Å². The number of halogens is 1. The van der Waals surface area contributed by atoms with Crippen molar-refractivity contribution in [1.82, 2.24) is 14.5 Å². The van der Waals surface area contributed by atoms with Crippen LogP contribution in [0.1, 0.15) is 19.4 Å². The lowest BCUT2D eigenvalue weighted by atomic mass is 10.1. The maximum absolute atomic E-state index is 12.6. The predicted molar refractivity (Wildman–Crippen MR) is 97.6 cm³/mol. The minimum Gasteiger partial charge on any atom is -0.355 e. The van der Waals surface area contributed by atoms with Crippen molar-refractivity contribution in [3.8, 4) is 0 Å². The van der Waals surface area contributed by atoms with Crippen LogP contribution in [-0.2, 0) is 26.2 Å². The van der Waals surface area contributed by atoms with Crippen molar-refractivity contribution in [2.24, 2.45) is 0 Å². The molecular formula is C16H24ClN3O4S. The second-order valence-electron chi connectivity index (χ2n) is 5.74. The van der Waals surface area contributed by atoms with Gasteiger partial charge in [0.15, 0.2) is 0 Å². The molecule has 0 aromatic heterocycles. The van der Waals surface area contributed by atoms with E-state index < -0.39 is 22.0 Å². The molecule has 0 radical (unpaired) electrons. The van der Waals surface area contributed by atoms with Crippen molar-refractivity contribution >= 4 is 33.4 Å². The summed E-state index contributed by atoms with van der Waals surface area (Å²) in [5, 5.41) is 3.24. The minimum atomic E-state index is -3.50. The molecule has 2 amide bonds. The van der Waals surface area contributed by atoms with Gasteiger partial charge in [0, 0.05) is 25.2 Å². The fourth-order valence-corrected chi connectivity index (χ4v) is 2.56. The molecule has 1 aromatic rings. The molecule has 0 heterocycles. The van der Waals surface area contributed by atoms with Crippen LogP contribution in [0.5, 0.6) is 0 Å². The zero-order valence-electron chi connectivity index (χ0n) is 14.8. The summed E-state index contributed by atoms with van der Waals surface area (Å²) in [4.78, 5) is 26.2. The Bertz CT molecular complexity index is 707. The molecule has 7 nitrogen and oxygen atoms in total. The number of hydrogen-bond acceptors (Lipinski definition) is 4. The number of nitrogens with one attached hydrogen (secondary N) is 1. The Kier molecular flexibility index (Phi) is 7.85. The lowest BCUT2D eigenvalue weighted by Crippen LogP contribution is -2.50. The van der Waals surface area contributed by atoms with Crippen molar-refractivity contribution in [1.29, 1.82) is 0 Å². The Morgan fingerprint density at radius 2 is 1.80 bits per heavy atom. The molecule has 140 valence electrons. The van der Waals surface area contributed by atoms with Crippen molar-refractivity contribution < 1.29 is 18.0 Å². The summed E-state index contributed by atoms with van der Waals surface area (Å²) in [5.74, 6) is -0.756. The Morgan fingerprint density at radius 1 is 1.24 bits per heavy atom. The molecule has 1 aromatic carbocycles. The SMILES string of the molecule is CCNC(=O)[C@@H](C)N(Cc1ccc(Cl)cc1)C(=O)CN(C)S(C)(=O)=O. The molecule has 0 unspecified atom stereocenters. The van der Waals surface area contributed by atoms with Gasteiger partial charge in [-0.3, -0.25) is 9.59 Å². The molecule has 0 fully saturated rings. The van der Waals surface area contributed by atoms with E-state index in [4.69, 9.17) is 11.6 Å². The third kappa shape index (κ3) is 6.64. The van der Waals surface area contributed by atoms with Gasteiger partial charge in [0.2, 0.25) is 21.8 Å². The molecule has 1 rings (SSSR count). The van der Waals surface area contributed by atoms with Crippen LogP contribution in [0.2, 0.25) is 5.02 Å². The first-order valence-corrected chi connectivity index (χ1v) is 10.0. The topological polar surface area (TPSA) is 86.8 Å².